The molecule has 0 spiro atoms. The van der Waals surface area contributed by atoms with Crippen molar-refractivity contribution in [1.29, 1.82) is 0 Å². The first-order chi connectivity index (χ1) is 8.77. The van der Waals surface area contributed by atoms with Gasteiger partial charge < -0.3 is 0 Å². The Hall–Kier alpha value is -0.890. The zero-order chi connectivity index (χ0) is 14.6. The minimum atomic E-state index is -1.04. The van der Waals surface area contributed by atoms with Gasteiger partial charge in [0.2, 0.25) is 0 Å². The Morgan fingerprint density at radius 3 is 2.21 bits per heavy atom. The van der Waals surface area contributed by atoms with E-state index in [-0.39, 0.29) is 5.41 Å². The summed E-state index contributed by atoms with van der Waals surface area (Å²) in [6, 6.07) is 8.01. The molecule has 0 aliphatic heterocycles. The van der Waals surface area contributed by atoms with Crippen LogP contribution in [0.4, 0.5) is 0 Å². The Bertz CT molecular complexity index is 463. The number of rotatable bonds is 4. The summed E-state index contributed by atoms with van der Waals surface area (Å²) in [5, 5.41) is 0. The molecule has 0 heterocycles. The van der Waals surface area contributed by atoms with E-state index in [1.807, 2.05) is 31.2 Å². The third kappa shape index (κ3) is 4.31. The quantitative estimate of drug-likeness (QED) is 0.750. The monoisotopic (exact) mass is 278 g/mol. The number of hydrogen-bond acceptors (Lipinski definition) is 1. The molecule has 0 saturated carbocycles. The Morgan fingerprint density at radius 2 is 1.79 bits per heavy atom. The molecule has 0 aliphatic carbocycles. The van der Waals surface area contributed by atoms with Crippen molar-refractivity contribution < 1.29 is 4.21 Å². The van der Waals surface area contributed by atoms with Gasteiger partial charge in [-0.05, 0) is 36.8 Å². The highest BCUT2D eigenvalue weighted by molar-refractivity contribution is 7.89. The fourth-order valence-corrected chi connectivity index (χ4v) is 3.49. The molecule has 0 bridgehead atoms. The third-order valence-corrected chi connectivity index (χ3v) is 5.23. The summed E-state index contributed by atoms with van der Waals surface area (Å²) in [5.74, 6) is 0.301. The molecule has 1 rings (SSSR count). The molecule has 0 radical (unpaired) electrons. The average Bonchev–Trinajstić information content (AvgIpc) is 2.34. The summed E-state index contributed by atoms with van der Waals surface area (Å²) >= 11 is 0. The van der Waals surface area contributed by atoms with Gasteiger partial charge in [-0.25, -0.2) is 4.21 Å². The highest BCUT2D eigenvalue weighted by atomic mass is 32.2. The average molecular weight is 278 g/mol. The Labute approximate surface area is 120 Å². The zero-order valence-corrected chi connectivity index (χ0v) is 13.8. The van der Waals surface area contributed by atoms with Crippen LogP contribution in [-0.4, -0.2) is 4.21 Å². The molecule has 1 nitrogen and oxygen atoms in total. The second kappa shape index (κ2) is 6.51. The molecule has 0 amide bonds. The molecule has 0 aromatic heterocycles. The molecular formula is C17H26OS. The maximum atomic E-state index is 12.8. The number of hydrogen-bond donors (Lipinski definition) is 0. The summed E-state index contributed by atoms with van der Waals surface area (Å²) in [7, 11) is -1.04. The summed E-state index contributed by atoms with van der Waals surface area (Å²) in [6.45, 7) is 12.9. The fraction of sp³-hybridized carbons (Fsp3) is 0.529. The minimum absolute atomic E-state index is 0.126. The zero-order valence-electron chi connectivity index (χ0n) is 13.0. The van der Waals surface area contributed by atoms with Crippen LogP contribution in [0.15, 0.2) is 40.1 Å². The highest BCUT2D eigenvalue weighted by Crippen LogP contribution is 2.35. The predicted octanol–water partition coefficient (Wildman–Crippen LogP) is 5.08. The van der Waals surface area contributed by atoms with E-state index in [1.54, 1.807) is 0 Å². The van der Waals surface area contributed by atoms with Crippen LogP contribution in [0.3, 0.4) is 0 Å². The molecule has 1 unspecified atom stereocenters. The Morgan fingerprint density at radius 1 is 1.26 bits per heavy atom. The van der Waals surface area contributed by atoms with Crippen molar-refractivity contribution in [3.05, 3.63) is 40.8 Å². The van der Waals surface area contributed by atoms with E-state index in [0.29, 0.717) is 5.92 Å². The molecular weight excluding hydrogens is 252 g/mol. The molecule has 0 N–H and O–H groups in total. The van der Waals surface area contributed by atoms with Crippen molar-refractivity contribution in [2.45, 2.75) is 52.9 Å². The normalized spacial score (nSPS) is 16.2. The first kappa shape index (κ1) is 16.2. The van der Waals surface area contributed by atoms with E-state index in [4.69, 9.17) is 0 Å². The largest absolute Gasteiger partial charge is 0.249 e. The van der Waals surface area contributed by atoms with Crippen LogP contribution < -0.4 is 0 Å². The number of benzene rings is 1. The molecule has 2 heteroatoms. The van der Waals surface area contributed by atoms with Gasteiger partial charge in [0, 0.05) is 9.80 Å². The van der Waals surface area contributed by atoms with Gasteiger partial charge in [0.15, 0.2) is 0 Å². The smallest absolute Gasteiger partial charge is 0.0808 e. The third-order valence-electron chi connectivity index (χ3n) is 3.58. The van der Waals surface area contributed by atoms with E-state index >= 15 is 0 Å². The van der Waals surface area contributed by atoms with Crippen molar-refractivity contribution in [2.24, 2.45) is 11.3 Å². The SMILES string of the molecule is CC/C=C(/[C@H](C)C(C)(C)C)S(=O)c1ccc(C)cc1. The second-order valence-electron chi connectivity index (χ2n) is 6.18. The summed E-state index contributed by atoms with van der Waals surface area (Å²) < 4.78 is 12.8. The second-order valence-corrected chi connectivity index (χ2v) is 7.66. The lowest BCUT2D eigenvalue weighted by atomic mass is 9.81. The standard InChI is InChI=1S/C17H26OS/c1-7-8-16(14(3)17(4,5)6)19(18)15-11-9-13(2)10-12-15/h8-12,14H,7H2,1-6H3/b16-8-/t14-,19?/m0/s1. The van der Waals surface area contributed by atoms with Crippen LogP contribution in [0.5, 0.6) is 0 Å². The Balaban J connectivity index is 3.11. The lowest BCUT2D eigenvalue weighted by Gasteiger charge is -2.29. The van der Waals surface area contributed by atoms with Crippen molar-refractivity contribution >= 4 is 10.8 Å². The van der Waals surface area contributed by atoms with Crippen LogP contribution in [-0.2, 0) is 10.8 Å². The summed E-state index contributed by atoms with van der Waals surface area (Å²) in [6.07, 6.45) is 3.05. The molecule has 0 saturated heterocycles. The highest BCUT2D eigenvalue weighted by Gasteiger charge is 2.27. The summed E-state index contributed by atoms with van der Waals surface area (Å²) in [4.78, 5) is 1.96. The van der Waals surface area contributed by atoms with Crippen LogP contribution in [0, 0.1) is 18.3 Å². The molecule has 0 fully saturated rings. The van der Waals surface area contributed by atoms with Gasteiger partial charge in [0.25, 0.3) is 0 Å². The van der Waals surface area contributed by atoms with Gasteiger partial charge in [-0.1, -0.05) is 58.4 Å². The first-order valence-electron chi connectivity index (χ1n) is 6.96. The van der Waals surface area contributed by atoms with Gasteiger partial charge in [-0.15, -0.1) is 0 Å². The van der Waals surface area contributed by atoms with E-state index < -0.39 is 10.8 Å². The molecule has 2 atom stereocenters. The van der Waals surface area contributed by atoms with Crippen LogP contribution in [0.25, 0.3) is 0 Å². The topological polar surface area (TPSA) is 17.1 Å². The van der Waals surface area contributed by atoms with Crippen LogP contribution >= 0.6 is 0 Å². The van der Waals surface area contributed by atoms with E-state index in [9.17, 15) is 4.21 Å². The van der Waals surface area contributed by atoms with Gasteiger partial charge in [0.1, 0.15) is 0 Å². The van der Waals surface area contributed by atoms with Crippen molar-refractivity contribution in [2.75, 3.05) is 0 Å². The predicted molar refractivity (Wildman–Crippen MR) is 84.6 cm³/mol. The molecule has 1 aromatic carbocycles. The first-order valence-corrected chi connectivity index (χ1v) is 8.10. The van der Waals surface area contributed by atoms with Gasteiger partial charge in [0.05, 0.1) is 10.8 Å². The van der Waals surface area contributed by atoms with Gasteiger partial charge in [-0.3, -0.25) is 0 Å². The van der Waals surface area contributed by atoms with Gasteiger partial charge in [-0.2, -0.15) is 0 Å². The molecule has 0 aliphatic rings. The van der Waals surface area contributed by atoms with E-state index in [2.05, 4.69) is 40.7 Å². The summed E-state index contributed by atoms with van der Waals surface area (Å²) in [5.41, 5.74) is 1.33. The van der Waals surface area contributed by atoms with E-state index in [1.165, 1.54) is 5.56 Å². The van der Waals surface area contributed by atoms with Crippen LogP contribution in [0.1, 0.15) is 46.6 Å². The van der Waals surface area contributed by atoms with Crippen molar-refractivity contribution in [3.63, 3.8) is 0 Å². The van der Waals surface area contributed by atoms with Crippen molar-refractivity contribution in [1.82, 2.24) is 0 Å². The minimum Gasteiger partial charge on any atom is -0.249 e. The van der Waals surface area contributed by atoms with Crippen molar-refractivity contribution in [3.8, 4) is 0 Å². The number of aryl methyl sites for hydroxylation is 1. The molecule has 106 valence electrons. The maximum Gasteiger partial charge on any atom is 0.0808 e. The van der Waals surface area contributed by atoms with Gasteiger partial charge >= 0.3 is 0 Å². The Kier molecular flexibility index (Phi) is 5.54. The molecule has 19 heavy (non-hydrogen) atoms. The molecule has 1 aromatic rings. The lowest BCUT2D eigenvalue weighted by Crippen LogP contribution is -2.21. The fourth-order valence-electron chi connectivity index (χ4n) is 1.84. The lowest BCUT2D eigenvalue weighted by molar-refractivity contribution is 0.309. The van der Waals surface area contributed by atoms with E-state index in [0.717, 1.165) is 16.2 Å². The van der Waals surface area contributed by atoms with Crippen LogP contribution in [0.2, 0.25) is 0 Å². The maximum absolute atomic E-state index is 12.8. The number of allylic oxidation sites excluding steroid dienone is 2.